The molecular formula is C12H16O3. The van der Waals surface area contributed by atoms with Gasteiger partial charge in [0.25, 0.3) is 0 Å². The first-order valence-corrected chi connectivity index (χ1v) is 4.84. The van der Waals surface area contributed by atoms with Crippen LogP contribution in [0.3, 0.4) is 0 Å². The molecule has 0 aromatic heterocycles. The number of hydrogen-bond donors (Lipinski definition) is 1. The van der Waals surface area contributed by atoms with Crippen LogP contribution in [0.25, 0.3) is 0 Å². The molecule has 15 heavy (non-hydrogen) atoms. The number of benzene rings is 1. The molecule has 0 aliphatic carbocycles. The molecule has 0 spiro atoms. The van der Waals surface area contributed by atoms with Gasteiger partial charge in [0, 0.05) is 0 Å². The molecule has 0 radical (unpaired) electrons. The maximum atomic E-state index is 9.57. The van der Waals surface area contributed by atoms with E-state index in [9.17, 15) is 5.11 Å². The Morgan fingerprint density at radius 3 is 2.73 bits per heavy atom. The van der Waals surface area contributed by atoms with Crippen LogP contribution in [0, 0.1) is 0 Å². The van der Waals surface area contributed by atoms with Crippen molar-refractivity contribution in [2.24, 2.45) is 0 Å². The molecule has 0 bridgehead atoms. The fourth-order valence-corrected chi connectivity index (χ4v) is 1.28. The number of hydrogen-bond acceptors (Lipinski definition) is 3. The first-order valence-electron chi connectivity index (χ1n) is 4.84. The van der Waals surface area contributed by atoms with Gasteiger partial charge in [-0.3, -0.25) is 0 Å². The Labute approximate surface area is 90.0 Å². The van der Waals surface area contributed by atoms with Gasteiger partial charge in [-0.15, -0.1) is 6.58 Å². The summed E-state index contributed by atoms with van der Waals surface area (Å²) < 4.78 is 10.5. The maximum absolute atomic E-state index is 9.57. The van der Waals surface area contributed by atoms with Crippen molar-refractivity contribution in [3.05, 3.63) is 36.4 Å². The molecule has 0 saturated carbocycles. The number of methoxy groups -OCH3 is 1. The van der Waals surface area contributed by atoms with Crippen molar-refractivity contribution in [1.82, 2.24) is 0 Å². The summed E-state index contributed by atoms with van der Waals surface area (Å²) in [5.41, 5.74) is 0.745. The van der Waals surface area contributed by atoms with Gasteiger partial charge in [0.15, 0.2) is 11.5 Å². The number of aliphatic hydroxyl groups is 1. The number of ether oxygens (including phenoxy) is 2. The van der Waals surface area contributed by atoms with Crippen LogP contribution in [0.15, 0.2) is 30.9 Å². The lowest BCUT2D eigenvalue weighted by Gasteiger charge is -2.12. The predicted octanol–water partition coefficient (Wildman–Crippen LogP) is 2.31. The number of aliphatic hydroxyl groups excluding tert-OH is 1. The topological polar surface area (TPSA) is 38.7 Å². The SMILES string of the molecule is C=CC(O)c1ccc(OC)c(OCC)c1. The summed E-state index contributed by atoms with van der Waals surface area (Å²) in [6.07, 6.45) is 0.799. The maximum Gasteiger partial charge on any atom is 0.161 e. The molecule has 3 heteroatoms. The zero-order valence-electron chi connectivity index (χ0n) is 9.06. The van der Waals surface area contributed by atoms with Crippen molar-refractivity contribution in [2.45, 2.75) is 13.0 Å². The average molecular weight is 208 g/mol. The van der Waals surface area contributed by atoms with Crippen molar-refractivity contribution >= 4 is 0 Å². The third-order valence-corrected chi connectivity index (χ3v) is 2.05. The van der Waals surface area contributed by atoms with E-state index in [0.717, 1.165) is 5.56 Å². The van der Waals surface area contributed by atoms with Crippen molar-refractivity contribution in [3.63, 3.8) is 0 Å². The summed E-state index contributed by atoms with van der Waals surface area (Å²) in [6.45, 7) is 5.99. The van der Waals surface area contributed by atoms with E-state index in [0.29, 0.717) is 18.1 Å². The zero-order valence-corrected chi connectivity index (χ0v) is 9.06. The molecule has 1 aromatic rings. The molecule has 0 fully saturated rings. The second-order valence-corrected chi connectivity index (χ2v) is 3.02. The van der Waals surface area contributed by atoms with E-state index in [1.54, 1.807) is 25.3 Å². The van der Waals surface area contributed by atoms with Gasteiger partial charge in [-0.05, 0) is 24.6 Å². The second-order valence-electron chi connectivity index (χ2n) is 3.02. The Kier molecular flexibility index (Phi) is 4.18. The molecule has 0 amide bonds. The van der Waals surface area contributed by atoms with Crippen molar-refractivity contribution in [1.29, 1.82) is 0 Å². The Morgan fingerprint density at radius 2 is 2.20 bits per heavy atom. The lowest BCUT2D eigenvalue weighted by atomic mass is 10.1. The minimum Gasteiger partial charge on any atom is -0.493 e. The van der Waals surface area contributed by atoms with Crippen LogP contribution in [0.4, 0.5) is 0 Å². The van der Waals surface area contributed by atoms with Gasteiger partial charge >= 0.3 is 0 Å². The van der Waals surface area contributed by atoms with Gasteiger partial charge in [0.1, 0.15) is 0 Å². The largest absolute Gasteiger partial charge is 0.493 e. The molecular weight excluding hydrogens is 192 g/mol. The van der Waals surface area contributed by atoms with Crippen LogP contribution in [-0.4, -0.2) is 18.8 Å². The first kappa shape index (κ1) is 11.6. The van der Waals surface area contributed by atoms with Crippen LogP contribution in [0.2, 0.25) is 0 Å². The van der Waals surface area contributed by atoms with Crippen LogP contribution in [0.1, 0.15) is 18.6 Å². The summed E-state index contributed by atoms with van der Waals surface area (Å²) >= 11 is 0. The fraction of sp³-hybridized carbons (Fsp3) is 0.333. The van der Waals surface area contributed by atoms with Gasteiger partial charge in [0.2, 0.25) is 0 Å². The van der Waals surface area contributed by atoms with E-state index in [4.69, 9.17) is 9.47 Å². The molecule has 1 rings (SSSR count). The Bertz CT molecular complexity index is 334. The minimum absolute atomic E-state index is 0.560. The average Bonchev–Trinajstić information content (AvgIpc) is 2.28. The molecule has 0 aliphatic heterocycles. The second kappa shape index (κ2) is 5.41. The highest BCUT2D eigenvalue weighted by Crippen LogP contribution is 2.30. The standard InChI is InChI=1S/C12H16O3/c1-4-10(13)9-6-7-11(14-3)12(8-9)15-5-2/h4,6-8,10,13H,1,5H2,2-3H3. The van der Waals surface area contributed by atoms with Crippen LogP contribution in [-0.2, 0) is 0 Å². The number of rotatable bonds is 5. The van der Waals surface area contributed by atoms with Crippen molar-refractivity contribution < 1.29 is 14.6 Å². The molecule has 3 nitrogen and oxygen atoms in total. The van der Waals surface area contributed by atoms with Crippen molar-refractivity contribution in [3.8, 4) is 11.5 Å². The van der Waals surface area contributed by atoms with E-state index in [1.807, 2.05) is 6.92 Å². The normalized spacial score (nSPS) is 11.9. The molecule has 0 aliphatic rings. The summed E-state index contributed by atoms with van der Waals surface area (Å²) in [5.74, 6) is 1.30. The molecule has 1 N–H and O–H groups in total. The summed E-state index contributed by atoms with van der Waals surface area (Å²) in [7, 11) is 1.58. The molecule has 1 aromatic carbocycles. The summed E-state index contributed by atoms with van der Waals surface area (Å²) in [6, 6.07) is 5.31. The van der Waals surface area contributed by atoms with Crippen molar-refractivity contribution in [2.75, 3.05) is 13.7 Å². The molecule has 1 unspecified atom stereocenters. The molecule has 1 atom stereocenters. The van der Waals surface area contributed by atoms with Gasteiger partial charge in [-0.25, -0.2) is 0 Å². The monoisotopic (exact) mass is 208 g/mol. The molecule has 82 valence electrons. The molecule has 0 heterocycles. The summed E-state index contributed by atoms with van der Waals surface area (Å²) in [4.78, 5) is 0. The van der Waals surface area contributed by atoms with Gasteiger partial charge < -0.3 is 14.6 Å². The molecule has 0 saturated heterocycles. The highest BCUT2D eigenvalue weighted by molar-refractivity contribution is 5.44. The van der Waals surface area contributed by atoms with Gasteiger partial charge in [-0.1, -0.05) is 12.1 Å². The zero-order chi connectivity index (χ0) is 11.3. The third-order valence-electron chi connectivity index (χ3n) is 2.05. The van der Waals surface area contributed by atoms with E-state index >= 15 is 0 Å². The Hall–Kier alpha value is -1.48. The quantitative estimate of drug-likeness (QED) is 0.755. The van der Waals surface area contributed by atoms with Crippen LogP contribution in [0.5, 0.6) is 11.5 Å². The Morgan fingerprint density at radius 1 is 1.47 bits per heavy atom. The highest BCUT2D eigenvalue weighted by atomic mass is 16.5. The van der Waals surface area contributed by atoms with Crippen LogP contribution < -0.4 is 9.47 Å². The lowest BCUT2D eigenvalue weighted by molar-refractivity contribution is 0.227. The minimum atomic E-state index is -0.671. The fourth-order valence-electron chi connectivity index (χ4n) is 1.28. The Balaban J connectivity index is 3.03. The van der Waals surface area contributed by atoms with E-state index in [-0.39, 0.29) is 0 Å². The van der Waals surface area contributed by atoms with Crippen LogP contribution >= 0.6 is 0 Å². The highest BCUT2D eigenvalue weighted by Gasteiger charge is 2.08. The first-order chi connectivity index (χ1) is 7.22. The lowest BCUT2D eigenvalue weighted by Crippen LogP contribution is -1.98. The smallest absolute Gasteiger partial charge is 0.161 e. The van der Waals surface area contributed by atoms with E-state index in [2.05, 4.69) is 6.58 Å². The third kappa shape index (κ3) is 2.73. The summed E-state index contributed by atoms with van der Waals surface area (Å²) in [5, 5.41) is 9.57. The van der Waals surface area contributed by atoms with E-state index < -0.39 is 6.10 Å². The van der Waals surface area contributed by atoms with Gasteiger partial charge in [-0.2, -0.15) is 0 Å². The van der Waals surface area contributed by atoms with Gasteiger partial charge in [0.05, 0.1) is 19.8 Å². The van der Waals surface area contributed by atoms with E-state index in [1.165, 1.54) is 6.08 Å². The predicted molar refractivity (Wildman–Crippen MR) is 59.3 cm³/mol.